The summed E-state index contributed by atoms with van der Waals surface area (Å²) >= 11 is 0.0458. The molecular formula is C27H36FN7O2S. The lowest BCUT2D eigenvalue weighted by Crippen LogP contribution is -2.64. The van der Waals surface area contributed by atoms with Crippen LogP contribution in [-0.4, -0.2) is 81.6 Å². The van der Waals surface area contributed by atoms with Crippen molar-refractivity contribution in [2.75, 3.05) is 48.9 Å². The molecule has 0 bridgehead atoms. The number of alkyl halides is 1. The summed E-state index contributed by atoms with van der Waals surface area (Å²) in [5.74, 6) is 2.11. The van der Waals surface area contributed by atoms with Crippen molar-refractivity contribution in [1.82, 2.24) is 19.3 Å². The van der Waals surface area contributed by atoms with Gasteiger partial charge in [-0.25, -0.2) is 22.9 Å². The van der Waals surface area contributed by atoms with Crippen molar-refractivity contribution in [3.63, 3.8) is 0 Å². The molecule has 3 aromatic rings. The second-order valence-corrected chi connectivity index (χ2v) is 11.2. The number of aromatic nitrogens is 3. The van der Waals surface area contributed by atoms with Crippen LogP contribution in [0.2, 0.25) is 0 Å². The van der Waals surface area contributed by atoms with Crippen molar-refractivity contribution < 1.29 is 13.3 Å². The molecule has 2 aliphatic rings. The van der Waals surface area contributed by atoms with Gasteiger partial charge in [-0.1, -0.05) is 19.9 Å². The van der Waals surface area contributed by atoms with Crippen LogP contribution < -0.4 is 15.1 Å². The fraction of sp³-hybridized carbons (Fsp3) is 0.519. The van der Waals surface area contributed by atoms with Crippen molar-refractivity contribution in [3.8, 4) is 0 Å². The van der Waals surface area contributed by atoms with Gasteiger partial charge in [0.15, 0.2) is 0 Å². The summed E-state index contributed by atoms with van der Waals surface area (Å²) in [6, 6.07) is 8.71. The molecule has 11 heteroatoms. The number of nitrogens with zero attached hydrogens (tertiary/aromatic N) is 6. The molecule has 38 heavy (non-hydrogen) atoms. The Hall–Kier alpha value is -2.89. The third-order valence-corrected chi connectivity index (χ3v) is 8.40. The number of ether oxygens (including phenoxy) is 1. The van der Waals surface area contributed by atoms with Crippen LogP contribution in [-0.2, 0) is 16.6 Å². The maximum absolute atomic E-state index is 14.4. The van der Waals surface area contributed by atoms with E-state index in [4.69, 9.17) is 9.72 Å². The molecule has 0 saturated carbocycles. The highest BCUT2D eigenvalue weighted by molar-refractivity contribution is 7.63. The molecule has 5 rings (SSSR count). The van der Waals surface area contributed by atoms with Gasteiger partial charge in [-0.3, -0.25) is 0 Å². The Morgan fingerprint density at radius 3 is 2.68 bits per heavy atom. The molecule has 2 aliphatic heterocycles. The minimum Gasteiger partial charge on any atom is -0.378 e. The molecule has 0 spiro atoms. The van der Waals surface area contributed by atoms with E-state index < -0.39 is 6.17 Å². The highest BCUT2D eigenvalue weighted by Crippen LogP contribution is 2.38. The molecule has 1 aromatic carbocycles. The zero-order valence-electron chi connectivity index (χ0n) is 22.5. The minimum atomic E-state index is -1.08. The first-order chi connectivity index (χ1) is 18.3. The Morgan fingerprint density at radius 2 is 2.00 bits per heavy atom. The van der Waals surface area contributed by atoms with Crippen LogP contribution >= 0.6 is 0 Å². The smallest absolute Gasteiger partial charge is 0.227 e. The molecule has 2 aromatic heterocycles. The van der Waals surface area contributed by atoms with Crippen molar-refractivity contribution in [1.29, 1.82) is 0 Å². The number of nitrogens with one attached hydrogen (secondary N) is 1. The highest BCUT2D eigenvalue weighted by Gasteiger charge is 2.39. The summed E-state index contributed by atoms with van der Waals surface area (Å²) in [5, 5.41) is 5.55. The van der Waals surface area contributed by atoms with Crippen LogP contribution in [0.25, 0.3) is 10.8 Å². The number of hydrogen-bond acceptors (Lipinski definition) is 8. The number of hydrogen-bond donors (Lipinski definition) is 2. The van der Waals surface area contributed by atoms with E-state index in [1.807, 2.05) is 22.4 Å². The van der Waals surface area contributed by atoms with Gasteiger partial charge < -0.3 is 19.9 Å². The molecule has 2 unspecified atom stereocenters. The summed E-state index contributed by atoms with van der Waals surface area (Å²) in [5.41, 5.74) is 2.38. The van der Waals surface area contributed by atoms with E-state index in [0.29, 0.717) is 36.5 Å². The Balaban J connectivity index is 1.41. The van der Waals surface area contributed by atoms with E-state index in [2.05, 4.69) is 59.2 Å². The molecule has 2 saturated heterocycles. The van der Waals surface area contributed by atoms with Crippen molar-refractivity contribution in [2.24, 2.45) is 0 Å². The third kappa shape index (κ3) is 5.06. The zero-order valence-corrected chi connectivity index (χ0v) is 23.4. The molecule has 1 N–H and O–H groups in total. The quantitative estimate of drug-likeness (QED) is 0.417. The average molecular weight is 542 g/mol. The van der Waals surface area contributed by atoms with Crippen LogP contribution in [0.3, 0.4) is 0 Å². The van der Waals surface area contributed by atoms with Gasteiger partial charge in [0.1, 0.15) is 17.8 Å². The maximum atomic E-state index is 14.4. The summed E-state index contributed by atoms with van der Waals surface area (Å²) in [6.45, 7) is 8.20. The van der Waals surface area contributed by atoms with Gasteiger partial charge in [-0.15, -0.1) is 0 Å². The van der Waals surface area contributed by atoms with E-state index in [1.165, 1.54) is 5.56 Å². The normalized spacial score (nSPS) is 23.8. The lowest BCUT2D eigenvalue weighted by molar-refractivity contribution is 0.0194. The number of methoxy groups -OCH3 is 1. The van der Waals surface area contributed by atoms with Gasteiger partial charge in [-0.05, 0) is 48.4 Å². The number of likely N-dealkylation sites (N-methyl/N-ethyl adjacent to an activating group) is 1. The van der Waals surface area contributed by atoms with Crippen LogP contribution in [0, 0.1) is 0 Å². The highest BCUT2D eigenvalue weighted by atomic mass is 32.2. The summed E-state index contributed by atoms with van der Waals surface area (Å²) in [7, 11) is 3.43. The minimum absolute atomic E-state index is 0.0458. The molecule has 0 amide bonds. The van der Waals surface area contributed by atoms with E-state index in [9.17, 15) is 8.60 Å². The lowest BCUT2D eigenvalue weighted by Gasteiger charge is -2.50. The van der Waals surface area contributed by atoms with Crippen molar-refractivity contribution in [2.45, 2.75) is 57.5 Å². The standard InChI is InChI=1S/C27H36FN7O2S/c1-16(2)18-6-7-22(35-15-23(17(35)3)33(4)38-36)20-13-30-26(12-19(18)20)31-25-8-10-29-27(32-25)34-11-9-24(37-5)21(28)14-34/h6-8,10,12-13,16-17,21,23-24,38H,9,11,14-15H2,1-5H3,(H,29,30,31,32)/t17-,21?,23+,24?/m1/s1. The first-order valence-corrected chi connectivity index (χ1v) is 13.8. The molecule has 2 fully saturated rings. The van der Waals surface area contributed by atoms with Crippen LogP contribution in [0.1, 0.15) is 38.7 Å². The summed E-state index contributed by atoms with van der Waals surface area (Å²) in [4.78, 5) is 17.9. The first kappa shape index (κ1) is 26.7. The molecule has 9 nitrogen and oxygen atoms in total. The van der Waals surface area contributed by atoms with E-state index in [1.54, 1.807) is 19.4 Å². The monoisotopic (exact) mass is 541 g/mol. The molecule has 0 aliphatic carbocycles. The number of pyridine rings is 1. The SMILES string of the molecule is COC1CCN(c2nccc(Nc3cc4c(C(C)C)ccc(N5C[C@H](N(C)[SH]=O)[C@H]5C)c4cn3)n2)CC1F. The lowest BCUT2D eigenvalue weighted by atomic mass is 9.92. The number of halogens is 1. The Bertz CT molecular complexity index is 1310. The van der Waals surface area contributed by atoms with Crippen LogP contribution in [0.5, 0.6) is 0 Å². The number of piperidine rings is 1. The number of benzene rings is 1. The molecule has 0 radical (unpaired) electrons. The van der Waals surface area contributed by atoms with E-state index in [0.717, 1.165) is 23.0 Å². The van der Waals surface area contributed by atoms with E-state index >= 15 is 0 Å². The molecule has 4 atom stereocenters. The summed E-state index contributed by atoms with van der Waals surface area (Å²) < 4.78 is 32.9. The van der Waals surface area contributed by atoms with Gasteiger partial charge in [-0.2, -0.15) is 4.98 Å². The molecule has 4 heterocycles. The number of rotatable bonds is 8. The number of thiol groups is 1. The second kappa shape index (κ2) is 11.1. The van der Waals surface area contributed by atoms with Gasteiger partial charge in [0, 0.05) is 56.8 Å². The first-order valence-electron chi connectivity index (χ1n) is 13.1. The molecular weight excluding hydrogens is 505 g/mol. The number of fused-ring (bicyclic) bond motifs is 1. The van der Waals surface area contributed by atoms with Crippen LogP contribution in [0.15, 0.2) is 36.7 Å². The topological polar surface area (TPSA) is 86.7 Å². The van der Waals surface area contributed by atoms with Gasteiger partial charge in [0.05, 0.1) is 30.5 Å². The second-order valence-electron chi connectivity index (χ2n) is 10.5. The number of anilines is 4. The van der Waals surface area contributed by atoms with Gasteiger partial charge in [0.25, 0.3) is 0 Å². The van der Waals surface area contributed by atoms with Crippen molar-refractivity contribution >= 4 is 45.9 Å². The fourth-order valence-corrected chi connectivity index (χ4v) is 5.89. The Kier molecular flexibility index (Phi) is 7.78. The average Bonchev–Trinajstić information content (AvgIpc) is 2.92. The van der Waals surface area contributed by atoms with Crippen LogP contribution in [0.4, 0.5) is 27.7 Å². The predicted octanol–water partition coefficient (Wildman–Crippen LogP) is 3.82. The zero-order chi connectivity index (χ0) is 27.0. The fourth-order valence-electron chi connectivity index (χ4n) is 5.50. The van der Waals surface area contributed by atoms with E-state index in [-0.39, 0.29) is 36.6 Å². The Morgan fingerprint density at radius 1 is 1.18 bits per heavy atom. The third-order valence-electron chi connectivity index (χ3n) is 7.85. The van der Waals surface area contributed by atoms with Gasteiger partial charge in [0.2, 0.25) is 5.95 Å². The van der Waals surface area contributed by atoms with Gasteiger partial charge >= 0.3 is 0 Å². The Labute approximate surface area is 227 Å². The maximum Gasteiger partial charge on any atom is 0.227 e. The summed E-state index contributed by atoms with van der Waals surface area (Å²) in [6.07, 6.45) is 2.73. The largest absolute Gasteiger partial charge is 0.378 e. The predicted molar refractivity (Wildman–Crippen MR) is 152 cm³/mol. The van der Waals surface area contributed by atoms with Crippen molar-refractivity contribution in [3.05, 3.63) is 42.2 Å². The molecule has 204 valence electrons.